The van der Waals surface area contributed by atoms with E-state index >= 15 is 0 Å². The van der Waals surface area contributed by atoms with Crippen LogP contribution in [0.15, 0.2) is 0 Å². The molecule has 0 aromatic carbocycles. The number of aliphatic hydroxyl groups is 1. The minimum atomic E-state index is -1.11. The molecule has 1 N–H and O–H groups in total. The smallest absolute Gasteiger partial charge is 0.317 e. The maximum absolute atomic E-state index is 11.9. The van der Waals surface area contributed by atoms with Crippen molar-refractivity contribution in [2.45, 2.75) is 39.2 Å². The SMILES string of the molecule is CCOC(=O)C1(C(C)(C)O)CCCOC1. The first-order chi connectivity index (χ1) is 6.94. The van der Waals surface area contributed by atoms with Crippen molar-refractivity contribution in [2.24, 2.45) is 5.41 Å². The molecule has 88 valence electrons. The fourth-order valence-electron chi connectivity index (χ4n) is 1.96. The van der Waals surface area contributed by atoms with Crippen LogP contribution in [0.4, 0.5) is 0 Å². The van der Waals surface area contributed by atoms with Crippen LogP contribution >= 0.6 is 0 Å². The largest absolute Gasteiger partial charge is 0.465 e. The number of rotatable bonds is 3. The van der Waals surface area contributed by atoms with Gasteiger partial charge in [0.2, 0.25) is 0 Å². The average molecular weight is 216 g/mol. The summed E-state index contributed by atoms with van der Waals surface area (Å²) in [5.74, 6) is -0.350. The first-order valence-corrected chi connectivity index (χ1v) is 5.41. The first-order valence-electron chi connectivity index (χ1n) is 5.41. The van der Waals surface area contributed by atoms with Gasteiger partial charge in [0.1, 0.15) is 5.41 Å². The van der Waals surface area contributed by atoms with E-state index in [1.54, 1.807) is 20.8 Å². The molecule has 1 heterocycles. The van der Waals surface area contributed by atoms with Crippen LogP contribution in [0.25, 0.3) is 0 Å². The van der Waals surface area contributed by atoms with Gasteiger partial charge >= 0.3 is 5.97 Å². The number of esters is 1. The summed E-state index contributed by atoms with van der Waals surface area (Å²) in [7, 11) is 0. The van der Waals surface area contributed by atoms with Crippen molar-refractivity contribution in [3.63, 3.8) is 0 Å². The summed E-state index contributed by atoms with van der Waals surface area (Å²) < 4.78 is 10.4. The molecule has 1 unspecified atom stereocenters. The molecule has 1 aliphatic rings. The number of carbonyl (C=O) groups excluding carboxylic acids is 1. The molecule has 1 saturated heterocycles. The maximum atomic E-state index is 11.9. The average Bonchev–Trinajstić information content (AvgIpc) is 2.17. The predicted octanol–water partition coefficient (Wildman–Crippen LogP) is 1.12. The Morgan fingerprint density at radius 2 is 2.27 bits per heavy atom. The summed E-state index contributed by atoms with van der Waals surface area (Å²) >= 11 is 0. The van der Waals surface area contributed by atoms with Crippen molar-refractivity contribution >= 4 is 5.97 Å². The van der Waals surface area contributed by atoms with Crippen LogP contribution in [0.5, 0.6) is 0 Å². The fraction of sp³-hybridized carbons (Fsp3) is 0.909. The van der Waals surface area contributed by atoms with Gasteiger partial charge < -0.3 is 14.6 Å². The van der Waals surface area contributed by atoms with Gasteiger partial charge in [-0.15, -0.1) is 0 Å². The second kappa shape index (κ2) is 4.49. The highest BCUT2D eigenvalue weighted by molar-refractivity contribution is 5.78. The molecule has 1 atom stereocenters. The van der Waals surface area contributed by atoms with E-state index in [-0.39, 0.29) is 12.6 Å². The van der Waals surface area contributed by atoms with Crippen LogP contribution in [-0.2, 0) is 14.3 Å². The molecule has 15 heavy (non-hydrogen) atoms. The van der Waals surface area contributed by atoms with Gasteiger partial charge in [-0.2, -0.15) is 0 Å². The topological polar surface area (TPSA) is 55.8 Å². The van der Waals surface area contributed by atoms with Crippen molar-refractivity contribution in [2.75, 3.05) is 19.8 Å². The Kier molecular flexibility index (Phi) is 3.73. The molecule has 1 fully saturated rings. The molecule has 0 saturated carbocycles. The number of hydrogen-bond donors (Lipinski definition) is 1. The Labute approximate surface area is 90.6 Å². The molecule has 0 spiro atoms. The normalized spacial score (nSPS) is 27.5. The zero-order chi connectivity index (χ0) is 11.5. The first kappa shape index (κ1) is 12.5. The highest BCUT2D eigenvalue weighted by Crippen LogP contribution is 2.40. The standard InChI is InChI=1S/C11H20O4/c1-4-15-9(12)11(10(2,3)13)6-5-7-14-8-11/h13H,4-8H2,1-3H3. The Bertz CT molecular complexity index is 223. The lowest BCUT2D eigenvalue weighted by molar-refractivity contribution is -0.188. The third kappa shape index (κ3) is 2.32. The van der Waals surface area contributed by atoms with Crippen LogP contribution in [0.3, 0.4) is 0 Å². The summed E-state index contributed by atoms with van der Waals surface area (Å²) in [6.45, 7) is 6.26. The predicted molar refractivity (Wildman–Crippen MR) is 55.4 cm³/mol. The Hall–Kier alpha value is -0.610. The maximum Gasteiger partial charge on any atom is 0.317 e. The minimum absolute atomic E-state index is 0.245. The van der Waals surface area contributed by atoms with Gasteiger partial charge in [-0.05, 0) is 33.6 Å². The third-order valence-electron chi connectivity index (χ3n) is 3.08. The van der Waals surface area contributed by atoms with Crippen LogP contribution in [0.1, 0.15) is 33.6 Å². The monoisotopic (exact) mass is 216 g/mol. The summed E-state index contributed by atoms with van der Waals surface area (Å²) in [6.07, 6.45) is 1.40. The molecule has 4 nitrogen and oxygen atoms in total. The van der Waals surface area contributed by atoms with Gasteiger partial charge in [-0.1, -0.05) is 0 Å². The highest BCUT2D eigenvalue weighted by Gasteiger charge is 2.52. The third-order valence-corrected chi connectivity index (χ3v) is 3.08. The molecule has 0 bridgehead atoms. The number of carbonyl (C=O) groups is 1. The fourth-order valence-corrected chi connectivity index (χ4v) is 1.96. The van der Waals surface area contributed by atoms with Gasteiger partial charge in [0.15, 0.2) is 0 Å². The van der Waals surface area contributed by atoms with Gasteiger partial charge in [-0.25, -0.2) is 0 Å². The molecular formula is C11H20O4. The Morgan fingerprint density at radius 3 is 2.67 bits per heavy atom. The summed E-state index contributed by atoms with van der Waals surface area (Å²) in [5.41, 5.74) is -2.01. The summed E-state index contributed by atoms with van der Waals surface area (Å²) in [4.78, 5) is 11.9. The summed E-state index contributed by atoms with van der Waals surface area (Å²) in [5, 5.41) is 10.1. The van der Waals surface area contributed by atoms with E-state index in [0.717, 1.165) is 6.42 Å². The van der Waals surface area contributed by atoms with Gasteiger partial charge in [-0.3, -0.25) is 4.79 Å². The minimum Gasteiger partial charge on any atom is -0.465 e. The molecule has 4 heteroatoms. The van der Waals surface area contributed by atoms with Crippen molar-refractivity contribution in [1.29, 1.82) is 0 Å². The quantitative estimate of drug-likeness (QED) is 0.718. The van der Waals surface area contributed by atoms with Crippen molar-refractivity contribution in [3.05, 3.63) is 0 Å². The van der Waals surface area contributed by atoms with Crippen LogP contribution in [0.2, 0.25) is 0 Å². The molecule has 0 aliphatic carbocycles. The molecule has 0 amide bonds. The van der Waals surface area contributed by atoms with E-state index in [2.05, 4.69) is 0 Å². The molecular weight excluding hydrogens is 196 g/mol. The highest BCUT2D eigenvalue weighted by atomic mass is 16.5. The lowest BCUT2D eigenvalue weighted by Crippen LogP contribution is -2.55. The zero-order valence-electron chi connectivity index (χ0n) is 9.71. The van der Waals surface area contributed by atoms with E-state index < -0.39 is 11.0 Å². The van der Waals surface area contributed by atoms with Crippen LogP contribution < -0.4 is 0 Å². The Morgan fingerprint density at radius 1 is 1.60 bits per heavy atom. The molecule has 0 radical (unpaired) electrons. The van der Waals surface area contributed by atoms with Gasteiger partial charge in [0, 0.05) is 6.61 Å². The van der Waals surface area contributed by atoms with E-state index in [4.69, 9.17) is 9.47 Å². The van der Waals surface area contributed by atoms with E-state index in [9.17, 15) is 9.90 Å². The molecule has 1 rings (SSSR count). The van der Waals surface area contributed by atoms with Crippen LogP contribution in [0, 0.1) is 5.41 Å². The van der Waals surface area contributed by atoms with Gasteiger partial charge in [0.05, 0.1) is 18.8 Å². The second-order valence-corrected chi connectivity index (χ2v) is 4.52. The zero-order valence-corrected chi connectivity index (χ0v) is 9.71. The molecule has 0 aromatic rings. The Balaban J connectivity index is 2.90. The van der Waals surface area contributed by atoms with Gasteiger partial charge in [0.25, 0.3) is 0 Å². The lowest BCUT2D eigenvalue weighted by atomic mass is 9.70. The van der Waals surface area contributed by atoms with Crippen molar-refractivity contribution in [1.82, 2.24) is 0 Å². The molecule has 1 aliphatic heterocycles. The molecule has 0 aromatic heterocycles. The van der Waals surface area contributed by atoms with E-state index in [1.807, 2.05) is 0 Å². The van der Waals surface area contributed by atoms with E-state index in [1.165, 1.54) is 0 Å². The van der Waals surface area contributed by atoms with Crippen molar-refractivity contribution < 1.29 is 19.4 Å². The van der Waals surface area contributed by atoms with E-state index in [0.29, 0.717) is 19.6 Å². The van der Waals surface area contributed by atoms with Crippen molar-refractivity contribution in [3.8, 4) is 0 Å². The summed E-state index contributed by atoms with van der Waals surface area (Å²) in [6, 6.07) is 0. The van der Waals surface area contributed by atoms with Crippen LogP contribution in [-0.4, -0.2) is 36.5 Å². The number of hydrogen-bond acceptors (Lipinski definition) is 4. The lowest BCUT2D eigenvalue weighted by Gasteiger charge is -2.43. The number of ether oxygens (including phenoxy) is 2. The second-order valence-electron chi connectivity index (χ2n) is 4.52.